The van der Waals surface area contributed by atoms with Crippen molar-refractivity contribution in [2.45, 2.75) is 31.7 Å². The van der Waals surface area contributed by atoms with Crippen LogP contribution in [0.4, 0.5) is 0 Å². The van der Waals surface area contributed by atoms with Crippen LogP contribution < -0.4 is 5.32 Å². The SMILES string of the molecule is COC(=O)C1CCCN1C(=O)CCCNC(=O)c1sccc1-c1nc(-c2cc3ccccc3o2)cs1. The summed E-state index contributed by atoms with van der Waals surface area (Å²) < 4.78 is 10.7. The molecule has 186 valence electrons. The molecule has 1 saturated heterocycles. The van der Waals surface area contributed by atoms with Gasteiger partial charge in [0.15, 0.2) is 5.76 Å². The van der Waals surface area contributed by atoms with Gasteiger partial charge in [-0.25, -0.2) is 9.78 Å². The third-order valence-corrected chi connectivity index (χ3v) is 7.97. The van der Waals surface area contributed by atoms with Crippen LogP contribution in [0.15, 0.2) is 51.6 Å². The summed E-state index contributed by atoms with van der Waals surface area (Å²) in [5.41, 5.74) is 2.31. The molecule has 4 heterocycles. The fourth-order valence-corrected chi connectivity index (χ4v) is 6.10. The normalized spacial score (nSPS) is 15.4. The van der Waals surface area contributed by atoms with Gasteiger partial charge in [-0.15, -0.1) is 22.7 Å². The molecule has 1 atom stereocenters. The first-order valence-corrected chi connectivity index (χ1v) is 13.5. The van der Waals surface area contributed by atoms with E-state index in [0.29, 0.717) is 36.6 Å². The quantitative estimate of drug-likeness (QED) is 0.259. The molecule has 1 unspecified atom stereocenters. The second kappa shape index (κ2) is 10.6. The summed E-state index contributed by atoms with van der Waals surface area (Å²) >= 11 is 2.82. The number of ether oxygens (including phenoxy) is 1. The number of fused-ring (bicyclic) bond motifs is 1. The summed E-state index contributed by atoms with van der Waals surface area (Å²) in [5, 5.41) is 8.47. The van der Waals surface area contributed by atoms with Gasteiger partial charge in [-0.2, -0.15) is 0 Å². The molecular weight excluding hydrogens is 498 g/mol. The largest absolute Gasteiger partial charge is 0.467 e. The number of rotatable bonds is 8. The van der Waals surface area contributed by atoms with Crippen LogP contribution in [0.2, 0.25) is 0 Å². The number of benzene rings is 1. The van der Waals surface area contributed by atoms with Crippen LogP contribution in [-0.4, -0.2) is 53.9 Å². The molecule has 3 aromatic heterocycles. The van der Waals surface area contributed by atoms with Crippen LogP contribution >= 0.6 is 22.7 Å². The zero-order valence-corrected chi connectivity index (χ0v) is 21.3. The molecule has 10 heteroatoms. The van der Waals surface area contributed by atoms with E-state index in [-0.39, 0.29) is 24.2 Å². The fourth-order valence-electron chi connectivity index (χ4n) is 4.38. The Bertz CT molecular complexity index is 1370. The van der Waals surface area contributed by atoms with Gasteiger partial charge in [-0.05, 0) is 42.8 Å². The van der Waals surface area contributed by atoms with Crippen molar-refractivity contribution in [1.29, 1.82) is 0 Å². The second-order valence-corrected chi connectivity index (χ2v) is 10.3. The highest BCUT2D eigenvalue weighted by Gasteiger charge is 2.34. The van der Waals surface area contributed by atoms with E-state index in [0.717, 1.165) is 33.7 Å². The summed E-state index contributed by atoms with van der Waals surface area (Å²) in [5.74, 6) is 0.0403. The number of carbonyl (C=O) groups excluding carboxylic acids is 3. The Kier molecular flexibility index (Phi) is 7.15. The molecule has 1 N–H and O–H groups in total. The van der Waals surface area contributed by atoms with Crippen molar-refractivity contribution < 1.29 is 23.5 Å². The molecule has 0 aliphatic carbocycles. The summed E-state index contributed by atoms with van der Waals surface area (Å²) in [4.78, 5) is 44.2. The minimum Gasteiger partial charge on any atom is -0.467 e. The molecule has 8 nitrogen and oxygen atoms in total. The number of aromatic nitrogens is 1. The molecule has 5 rings (SSSR count). The number of amides is 2. The van der Waals surface area contributed by atoms with Gasteiger partial charge in [-0.1, -0.05) is 18.2 Å². The number of methoxy groups -OCH3 is 1. The van der Waals surface area contributed by atoms with E-state index >= 15 is 0 Å². The molecule has 0 radical (unpaired) electrons. The lowest BCUT2D eigenvalue weighted by Crippen LogP contribution is -2.41. The van der Waals surface area contributed by atoms with Gasteiger partial charge in [0, 0.05) is 35.8 Å². The number of furan rings is 1. The smallest absolute Gasteiger partial charge is 0.328 e. The highest BCUT2D eigenvalue weighted by Crippen LogP contribution is 2.35. The number of nitrogens with zero attached hydrogens (tertiary/aromatic N) is 2. The van der Waals surface area contributed by atoms with Gasteiger partial charge >= 0.3 is 5.97 Å². The van der Waals surface area contributed by atoms with Crippen molar-refractivity contribution in [2.75, 3.05) is 20.2 Å². The Morgan fingerprint density at radius 2 is 2.08 bits per heavy atom. The zero-order valence-electron chi connectivity index (χ0n) is 19.7. The first kappa shape index (κ1) is 24.2. The van der Waals surface area contributed by atoms with E-state index < -0.39 is 6.04 Å². The standard InChI is InChI=1S/C26H25N3O5S2/c1-33-26(32)19-7-5-12-29(19)22(30)9-4-11-27-24(31)23-17(10-13-35-23)25-28-18(15-36-25)21-14-16-6-2-3-8-20(16)34-21/h2-3,6,8,10,13-15,19H,4-5,7,9,11-12H2,1H3,(H,27,31). The molecular formula is C26H25N3O5S2. The Hall–Kier alpha value is -3.50. The van der Waals surface area contributed by atoms with Gasteiger partial charge in [0.05, 0.1) is 7.11 Å². The van der Waals surface area contributed by atoms with Crippen LogP contribution in [-0.2, 0) is 14.3 Å². The van der Waals surface area contributed by atoms with Crippen molar-refractivity contribution in [2.24, 2.45) is 0 Å². The van der Waals surface area contributed by atoms with Crippen LogP contribution in [0.25, 0.3) is 33.0 Å². The van der Waals surface area contributed by atoms with E-state index in [1.807, 2.05) is 47.2 Å². The first-order chi connectivity index (χ1) is 17.5. The predicted octanol–water partition coefficient (Wildman–Crippen LogP) is 4.96. The summed E-state index contributed by atoms with van der Waals surface area (Å²) in [6.45, 7) is 0.925. The summed E-state index contributed by atoms with van der Waals surface area (Å²) in [6, 6.07) is 11.2. The third kappa shape index (κ3) is 4.91. The topological polar surface area (TPSA) is 102 Å². The molecule has 1 fully saturated rings. The first-order valence-electron chi connectivity index (χ1n) is 11.7. The Morgan fingerprint density at radius 3 is 2.92 bits per heavy atom. The van der Waals surface area contributed by atoms with Crippen molar-refractivity contribution in [1.82, 2.24) is 15.2 Å². The van der Waals surface area contributed by atoms with Crippen LogP contribution in [0, 0.1) is 0 Å². The number of nitrogens with one attached hydrogen (secondary N) is 1. The highest BCUT2D eigenvalue weighted by atomic mass is 32.1. The number of thiazole rings is 1. The van der Waals surface area contributed by atoms with Gasteiger partial charge in [0.2, 0.25) is 5.91 Å². The monoisotopic (exact) mass is 523 g/mol. The van der Waals surface area contributed by atoms with Crippen molar-refractivity contribution in [3.63, 3.8) is 0 Å². The lowest BCUT2D eigenvalue weighted by atomic mass is 10.2. The van der Waals surface area contributed by atoms with E-state index in [2.05, 4.69) is 5.32 Å². The average Bonchev–Trinajstić information content (AvgIpc) is 3.69. The average molecular weight is 524 g/mol. The summed E-state index contributed by atoms with van der Waals surface area (Å²) in [7, 11) is 1.34. The van der Waals surface area contributed by atoms with E-state index in [1.54, 1.807) is 4.90 Å². The molecule has 36 heavy (non-hydrogen) atoms. The zero-order chi connectivity index (χ0) is 25.1. The molecule has 1 aliphatic heterocycles. The number of hydrogen-bond acceptors (Lipinski definition) is 8. The third-order valence-electron chi connectivity index (χ3n) is 6.18. The van der Waals surface area contributed by atoms with Gasteiger partial charge in [0.25, 0.3) is 5.91 Å². The van der Waals surface area contributed by atoms with Crippen LogP contribution in [0.5, 0.6) is 0 Å². The van der Waals surface area contributed by atoms with Gasteiger partial charge in [0.1, 0.15) is 27.2 Å². The van der Waals surface area contributed by atoms with Crippen molar-refractivity contribution in [3.05, 3.63) is 52.0 Å². The number of para-hydroxylation sites is 1. The molecule has 0 spiro atoms. The summed E-state index contributed by atoms with van der Waals surface area (Å²) in [6.07, 6.45) is 2.17. The molecule has 0 saturated carbocycles. The molecule has 1 aliphatic rings. The fraction of sp³-hybridized carbons (Fsp3) is 0.308. The van der Waals surface area contributed by atoms with E-state index in [4.69, 9.17) is 14.1 Å². The number of likely N-dealkylation sites (tertiary alicyclic amines) is 1. The number of hydrogen-bond donors (Lipinski definition) is 1. The molecule has 1 aromatic carbocycles. The van der Waals surface area contributed by atoms with Crippen molar-refractivity contribution in [3.8, 4) is 22.0 Å². The van der Waals surface area contributed by atoms with E-state index in [9.17, 15) is 14.4 Å². The number of thiophene rings is 1. The maximum atomic E-state index is 12.9. The second-order valence-electron chi connectivity index (χ2n) is 8.48. The lowest BCUT2D eigenvalue weighted by Gasteiger charge is -2.22. The minimum atomic E-state index is -0.492. The molecule has 2 amide bonds. The van der Waals surface area contributed by atoms with Gasteiger partial charge < -0.3 is 19.4 Å². The van der Waals surface area contributed by atoms with Crippen LogP contribution in [0.1, 0.15) is 35.4 Å². The Labute approximate surface area is 215 Å². The van der Waals surface area contributed by atoms with Gasteiger partial charge in [-0.3, -0.25) is 9.59 Å². The maximum Gasteiger partial charge on any atom is 0.328 e. The lowest BCUT2D eigenvalue weighted by molar-refractivity contribution is -0.151. The predicted molar refractivity (Wildman–Crippen MR) is 139 cm³/mol. The number of carbonyl (C=O) groups is 3. The maximum absolute atomic E-state index is 12.9. The minimum absolute atomic E-state index is 0.0881. The van der Waals surface area contributed by atoms with Crippen molar-refractivity contribution >= 4 is 51.4 Å². The molecule has 0 bridgehead atoms. The Balaban J connectivity index is 1.18. The highest BCUT2D eigenvalue weighted by molar-refractivity contribution is 7.15. The molecule has 4 aromatic rings. The van der Waals surface area contributed by atoms with Crippen LogP contribution in [0.3, 0.4) is 0 Å². The Morgan fingerprint density at radius 1 is 1.22 bits per heavy atom. The van der Waals surface area contributed by atoms with E-state index in [1.165, 1.54) is 29.8 Å². The number of esters is 1.